The largest absolute Gasteiger partial charge is 0.393 e. The molecular weight excluding hydrogens is 228 g/mol. The molecule has 0 bridgehead atoms. The van der Waals surface area contributed by atoms with Crippen LogP contribution in [0.5, 0.6) is 0 Å². The second-order valence-electron chi connectivity index (χ2n) is 6.45. The molecule has 2 atom stereocenters. The Bertz CT molecular complexity index is 265. The van der Waals surface area contributed by atoms with Gasteiger partial charge in [-0.2, -0.15) is 0 Å². The molecule has 1 heterocycles. The molecule has 1 saturated heterocycles. The monoisotopic (exact) mass is 256 g/mol. The van der Waals surface area contributed by atoms with Gasteiger partial charge in [-0.3, -0.25) is 0 Å². The minimum Gasteiger partial charge on any atom is -0.393 e. The number of hydrogen-bond acceptors (Lipinski definition) is 4. The van der Waals surface area contributed by atoms with Crippen LogP contribution in [0.2, 0.25) is 0 Å². The summed E-state index contributed by atoms with van der Waals surface area (Å²) >= 11 is 0. The van der Waals surface area contributed by atoms with Gasteiger partial charge in [0.2, 0.25) is 0 Å². The summed E-state index contributed by atoms with van der Waals surface area (Å²) in [6.45, 7) is 4.96. The van der Waals surface area contributed by atoms with Crippen LogP contribution >= 0.6 is 0 Å². The van der Waals surface area contributed by atoms with Gasteiger partial charge in [-0.05, 0) is 44.4 Å². The van der Waals surface area contributed by atoms with Crippen molar-refractivity contribution in [2.75, 3.05) is 19.6 Å². The first kappa shape index (κ1) is 14.3. The normalized spacial score (nSPS) is 43.0. The van der Waals surface area contributed by atoms with E-state index in [1.54, 1.807) is 0 Å². The number of aliphatic hydroxyl groups is 2. The van der Waals surface area contributed by atoms with Gasteiger partial charge in [-0.25, -0.2) is 0 Å². The number of piperidine rings is 1. The first-order valence-corrected chi connectivity index (χ1v) is 7.37. The molecule has 1 saturated carbocycles. The average molecular weight is 256 g/mol. The van der Waals surface area contributed by atoms with Crippen LogP contribution in [0.25, 0.3) is 0 Å². The number of rotatable bonds is 3. The quantitative estimate of drug-likeness (QED) is 0.695. The van der Waals surface area contributed by atoms with Gasteiger partial charge in [-0.1, -0.05) is 6.92 Å². The van der Waals surface area contributed by atoms with Crippen molar-refractivity contribution >= 4 is 0 Å². The van der Waals surface area contributed by atoms with Crippen molar-refractivity contribution in [1.82, 2.24) is 4.90 Å². The number of nitrogens with zero attached hydrogens (tertiary/aromatic N) is 1. The Hall–Kier alpha value is -0.160. The lowest BCUT2D eigenvalue weighted by Crippen LogP contribution is -2.45. The molecule has 0 amide bonds. The molecule has 2 aliphatic rings. The Morgan fingerprint density at radius 1 is 1.28 bits per heavy atom. The fraction of sp³-hybridized carbons (Fsp3) is 1.00. The first-order valence-electron chi connectivity index (χ1n) is 7.37. The van der Waals surface area contributed by atoms with Crippen molar-refractivity contribution in [1.29, 1.82) is 0 Å². The third-order valence-electron chi connectivity index (χ3n) is 4.80. The van der Waals surface area contributed by atoms with Gasteiger partial charge < -0.3 is 20.8 Å². The predicted molar refractivity (Wildman–Crippen MR) is 72.2 cm³/mol. The maximum atomic E-state index is 10.5. The zero-order valence-electron chi connectivity index (χ0n) is 11.5. The van der Waals surface area contributed by atoms with Crippen molar-refractivity contribution in [3.8, 4) is 0 Å². The maximum absolute atomic E-state index is 10.5. The van der Waals surface area contributed by atoms with Crippen molar-refractivity contribution in [3.05, 3.63) is 0 Å². The molecule has 0 unspecified atom stereocenters. The highest BCUT2D eigenvalue weighted by Crippen LogP contribution is 2.31. The SMILES string of the molecule is C[C@H]1CN(CC[C@]2(O)CC[C@H](N)CC2)CC[C@@H]1O. The van der Waals surface area contributed by atoms with E-state index in [9.17, 15) is 10.2 Å². The van der Waals surface area contributed by atoms with Crippen LogP contribution in [-0.4, -0.2) is 52.5 Å². The molecule has 4 nitrogen and oxygen atoms in total. The van der Waals surface area contributed by atoms with Gasteiger partial charge in [0, 0.05) is 25.7 Å². The average Bonchev–Trinajstić information content (AvgIpc) is 2.35. The Balaban J connectivity index is 1.74. The molecule has 0 spiro atoms. The minimum absolute atomic E-state index is 0.142. The Morgan fingerprint density at radius 3 is 2.56 bits per heavy atom. The Kier molecular flexibility index (Phi) is 4.64. The summed E-state index contributed by atoms with van der Waals surface area (Å²) in [5.41, 5.74) is 5.39. The van der Waals surface area contributed by atoms with Crippen molar-refractivity contribution < 1.29 is 10.2 Å². The molecule has 1 aliphatic heterocycles. The molecule has 2 rings (SSSR count). The second-order valence-corrected chi connectivity index (χ2v) is 6.45. The second kappa shape index (κ2) is 5.87. The van der Waals surface area contributed by atoms with E-state index in [0.29, 0.717) is 5.92 Å². The molecule has 0 aromatic rings. The summed E-state index contributed by atoms with van der Waals surface area (Å²) in [4.78, 5) is 2.38. The van der Waals surface area contributed by atoms with Crippen LogP contribution in [0.3, 0.4) is 0 Å². The highest BCUT2D eigenvalue weighted by Gasteiger charge is 2.33. The number of likely N-dealkylation sites (tertiary alicyclic amines) is 1. The van der Waals surface area contributed by atoms with Crippen molar-refractivity contribution in [3.63, 3.8) is 0 Å². The summed E-state index contributed by atoms with van der Waals surface area (Å²) in [7, 11) is 0. The van der Waals surface area contributed by atoms with Crippen LogP contribution in [0.1, 0.15) is 45.4 Å². The number of nitrogens with two attached hydrogens (primary N) is 1. The molecule has 0 aromatic heterocycles. The summed E-state index contributed by atoms with van der Waals surface area (Å²) in [5.74, 6) is 0.355. The fourth-order valence-electron chi connectivity index (χ4n) is 3.22. The zero-order chi connectivity index (χ0) is 13.2. The lowest BCUT2D eigenvalue weighted by molar-refractivity contribution is -0.0252. The fourth-order valence-corrected chi connectivity index (χ4v) is 3.22. The van der Waals surface area contributed by atoms with Gasteiger partial charge in [0.25, 0.3) is 0 Å². The van der Waals surface area contributed by atoms with Gasteiger partial charge in [-0.15, -0.1) is 0 Å². The summed E-state index contributed by atoms with van der Waals surface area (Å²) in [5, 5.41) is 20.2. The zero-order valence-corrected chi connectivity index (χ0v) is 11.5. The molecule has 18 heavy (non-hydrogen) atoms. The van der Waals surface area contributed by atoms with Gasteiger partial charge in [0.15, 0.2) is 0 Å². The van der Waals surface area contributed by atoms with E-state index in [-0.39, 0.29) is 12.1 Å². The van der Waals surface area contributed by atoms with Crippen molar-refractivity contribution in [2.24, 2.45) is 11.7 Å². The van der Waals surface area contributed by atoms with E-state index in [1.165, 1.54) is 0 Å². The molecule has 4 heteroatoms. The number of hydrogen-bond donors (Lipinski definition) is 3. The predicted octanol–water partition coefficient (Wildman–Crippen LogP) is 0.712. The molecule has 0 radical (unpaired) electrons. The minimum atomic E-state index is -0.491. The van der Waals surface area contributed by atoms with Crippen LogP contribution in [-0.2, 0) is 0 Å². The van der Waals surface area contributed by atoms with E-state index in [1.807, 2.05) is 0 Å². The number of aliphatic hydroxyl groups excluding tert-OH is 1. The Labute approximate surface area is 110 Å². The van der Waals surface area contributed by atoms with Crippen LogP contribution in [0, 0.1) is 5.92 Å². The maximum Gasteiger partial charge on any atom is 0.0661 e. The van der Waals surface area contributed by atoms with Gasteiger partial charge in [0.1, 0.15) is 0 Å². The highest BCUT2D eigenvalue weighted by molar-refractivity contribution is 4.88. The summed E-state index contributed by atoms with van der Waals surface area (Å²) in [6.07, 6.45) is 5.17. The van der Waals surface area contributed by atoms with E-state index in [0.717, 1.165) is 58.2 Å². The molecule has 4 N–H and O–H groups in total. The molecule has 1 aliphatic carbocycles. The van der Waals surface area contributed by atoms with Gasteiger partial charge >= 0.3 is 0 Å². The molecule has 106 valence electrons. The molecule has 2 fully saturated rings. The third-order valence-corrected chi connectivity index (χ3v) is 4.80. The van der Waals surface area contributed by atoms with Crippen LogP contribution in [0.15, 0.2) is 0 Å². The van der Waals surface area contributed by atoms with Gasteiger partial charge in [0.05, 0.1) is 11.7 Å². The van der Waals surface area contributed by atoms with E-state index >= 15 is 0 Å². The highest BCUT2D eigenvalue weighted by atomic mass is 16.3. The van der Waals surface area contributed by atoms with E-state index in [4.69, 9.17) is 5.73 Å². The summed E-state index contributed by atoms with van der Waals surface area (Å²) < 4.78 is 0. The van der Waals surface area contributed by atoms with Crippen molar-refractivity contribution in [2.45, 2.75) is 63.2 Å². The summed E-state index contributed by atoms with van der Waals surface area (Å²) in [6, 6.07) is 0.287. The smallest absolute Gasteiger partial charge is 0.0661 e. The molecule has 0 aromatic carbocycles. The molecular formula is C14H28N2O2. The first-order chi connectivity index (χ1) is 8.48. The standard InChI is InChI=1S/C14H28N2O2/c1-11-10-16(8-4-13(11)17)9-7-14(18)5-2-12(15)3-6-14/h11-13,17-18H,2-10,15H2,1H3/t11-,12-,13-,14-/m0/s1. The third kappa shape index (κ3) is 3.67. The van der Waals surface area contributed by atoms with Crippen LogP contribution < -0.4 is 5.73 Å². The lowest BCUT2D eigenvalue weighted by atomic mass is 9.80. The van der Waals surface area contributed by atoms with E-state index in [2.05, 4.69) is 11.8 Å². The lowest BCUT2D eigenvalue weighted by Gasteiger charge is -2.39. The van der Waals surface area contributed by atoms with Crippen LogP contribution in [0.4, 0.5) is 0 Å². The topological polar surface area (TPSA) is 69.7 Å². The Morgan fingerprint density at radius 2 is 1.94 bits per heavy atom. The van der Waals surface area contributed by atoms with E-state index < -0.39 is 5.60 Å².